The van der Waals surface area contributed by atoms with Crippen LogP contribution in [0.1, 0.15) is 29.3 Å². The lowest BCUT2D eigenvalue weighted by Gasteiger charge is -2.11. The molecule has 13 heteroatoms. The number of halogens is 2. The van der Waals surface area contributed by atoms with Crippen molar-refractivity contribution < 1.29 is 30.4 Å². The first-order valence-corrected chi connectivity index (χ1v) is 14.1. The molecular weight excluding hydrogens is 514 g/mol. The first-order chi connectivity index (χ1) is 16.9. The minimum atomic E-state index is -3.89. The lowest BCUT2D eigenvalue weighted by molar-refractivity contribution is 0.103. The predicted molar refractivity (Wildman–Crippen MR) is 130 cm³/mol. The zero-order valence-electron chi connectivity index (χ0n) is 19.0. The van der Waals surface area contributed by atoms with E-state index < -0.39 is 48.5 Å². The number of ketones is 1. The van der Waals surface area contributed by atoms with Gasteiger partial charge in [0.1, 0.15) is 11.5 Å². The van der Waals surface area contributed by atoms with Crippen molar-refractivity contribution in [3.63, 3.8) is 0 Å². The van der Waals surface area contributed by atoms with E-state index in [0.717, 1.165) is 18.4 Å². The average molecular weight is 535 g/mol. The van der Waals surface area contributed by atoms with Gasteiger partial charge in [-0.1, -0.05) is 6.92 Å². The third-order valence-electron chi connectivity index (χ3n) is 5.31. The number of rotatable bonds is 8. The van der Waals surface area contributed by atoms with Gasteiger partial charge in [-0.05, 0) is 30.7 Å². The molecule has 9 nitrogen and oxygen atoms in total. The van der Waals surface area contributed by atoms with E-state index >= 15 is 4.39 Å². The highest BCUT2D eigenvalue weighted by molar-refractivity contribution is 7.92. The first kappa shape index (κ1) is 25.4. The van der Waals surface area contributed by atoms with Gasteiger partial charge in [-0.2, -0.15) is 0 Å². The second kappa shape index (κ2) is 9.39. The Hall–Kier alpha value is -3.71. The maximum atomic E-state index is 15.2. The van der Waals surface area contributed by atoms with E-state index in [2.05, 4.69) is 15.0 Å². The van der Waals surface area contributed by atoms with Crippen LogP contribution in [0.25, 0.3) is 22.2 Å². The van der Waals surface area contributed by atoms with Gasteiger partial charge in [-0.15, -0.1) is 0 Å². The van der Waals surface area contributed by atoms with E-state index in [9.17, 15) is 26.0 Å². The number of hydrogen-bond acceptors (Lipinski definition) is 7. The van der Waals surface area contributed by atoms with Crippen LogP contribution >= 0.6 is 0 Å². The molecular formula is C23H20F2N4O5S2. The van der Waals surface area contributed by atoms with Crippen LogP contribution in [-0.4, -0.2) is 49.6 Å². The molecule has 4 aromatic rings. The van der Waals surface area contributed by atoms with Crippen molar-refractivity contribution in [3.8, 4) is 11.1 Å². The Labute approximate surface area is 205 Å². The highest BCUT2D eigenvalue weighted by Gasteiger charge is 2.26. The Morgan fingerprint density at radius 3 is 2.47 bits per heavy atom. The summed E-state index contributed by atoms with van der Waals surface area (Å²) in [5.74, 6) is -3.82. The number of nitrogens with zero attached hydrogens (tertiary/aromatic N) is 2. The van der Waals surface area contributed by atoms with Crippen LogP contribution in [0.2, 0.25) is 0 Å². The number of anilines is 1. The SMILES string of the molecule is CCCS(=O)(=O)Nc1ccc(F)c(C(=O)c2c[nH]c3ncc(-c4cncc(S(C)(=O)=O)c4)cc23)c1F. The van der Waals surface area contributed by atoms with Crippen molar-refractivity contribution in [2.45, 2.75) is 18.2 Å². The molecule has 1 aromatic carbocycles. The molecule has 0 aliphatic carbocycles. The van der Waals surface area contributed by atoms with Crippen LogP contribution in [0.4, 0.5) is 14.5 Å². The lowest BCUT2D eigenvalue weighted by Crippen LogP contribution is -2.18. The monoisotopic (exact) mass is 534 g/mol. The molecule has 36 heavy (non-hydrogen) atoms. The number of benzene rings is 1. The molecule has 0 saturated carbocycles. The fourth-order valence-corrected chi connectivity index (χ4v) is 5.32. The van der Waals surface area contributed by atoms with Gasteiger partial charge in [0.2, 0.25) is 15.8 Å². The second-order valence-corrected chi connectivity index (χ2v) is 11.9. The Morgan fingerprint density at radius 2 is 1.78 bits per heavy atom. The summed E-state index contributed by atoms with van der Waals surface area (Å²) in [4.78, 5) is 24.1. The van der Waals surface area contributed by atoms with Crippen molar-refractivity contribution in [2.75, 3.05) is 16.7 Å². The molecule has 0 bridgehead atoms. The summed E-state index contributed by atoms with van der Waals surface area (Å²) >= 11 is 0. The number of fused-ring (bicyclic) bond motifs is 1. The minimum absolute atomic E-state index is 0.0167. The quantitative estimate of drug-likeness (QED) is 0.329. The van der Waals surface area contributed by atoms with Crippen LogP contribution in [0.15, 0.2) is 53.9 Å². The zero-order valence-corrected chi connectivity index (χ0v) is 20.7. The summed E-state index contributed by atoms with van der Waals surface area (Å²) in [6, 6.07) is 4.62. The van der Waals surface area contributed by atoms with E-state index in [0.29, 0.717) is 11.1 Å². The topological polar surface area (TPSA) is 139 Å². The van der Waals surface area contributed by atoms with Crippen molar-refractivity contribution in [1.29, 1.82) is 0 Å². The molecule has 0 fully saturated rings. The summed E-state index contributed by atoms with van der Waals surface area (Å²) in [5, 5.41) is 0.220. The fraction of sp³-hybridized carbons (Fsp3) is 0.174. The third-order valence-corrected chi connectivity index (χ3v) is 7.86. The van der Waals surface area contributed by atoms with Gasteiger partial charge in [0.05, 0.1) is 21.9 Å². The Morgan fingerprint density at radius 1 is 1.06 bits per heavy atom. The maximum absolute atomic E-state index is 15.2. The molecule has 0 radical (unpaired) electrons. The summed E-state index contributed by atoms with van der Waals surface area (Å²) in [7, 11) is -7.42. The number of H-pyrrole nitrogens is 1. The number of sulfone groups is 1. The number of hydrogen-bond donors (Lipinski definition) is 2. The van der Waals surface area contributed by atoms with Crippen molar-refractivity contribution >= 4 is 42.4 Å². The summed E-state index contributed by atoms with van der Waals surface area (Å²) in [5.41, 5.74) is -0.532. The largest absolute Gasteiger partial charge is 0.345 e. The van der Waals surface area contributed by atoms with Crippen LogP contribution in [0, 0.1) is 11.6 Å². The molecule has 2 N–H and O–H groups in total. The molecule has 0 amide bonds. The van der Waals surface area contributed by atoms with E-state index in [1.807, 2.05) is 4.72 Å². The minimum Gasteiger partial charge on any atom is -0.345 e. The van der Waals surface area contributed by atoms with Gasteiger partial charge in [0.25, 0.3) is 0 Å². The predicted octanol–water partition coefficient (Wildman–Crippen LogP) is 3.69. The number of carbonyl (C=O) groups excluding carboxylic acids is 1. The third kappa shape index (κ3) is 4.97. The van der Waals surface area contributed by atoms with Crippen molar-refractivity contribution in [3.05, 3.63) is 71.8 Å². The molecule has 3 heterocycles. The van der Waals surface area contributed by atoms with E-state index in [4.69, 9.17) is 0 Å². The van der Waals surface area contributed by atoms with Crippen molar-refractivity contribution in [1.82, 2.24) is 15.0 Å². The molecule has 0 atom stereocenters. The molecule has 3 aromatic heterocycles. The average Bonchev–Trinajstić information content (AvgIpc) is 3.24. The van der Waals surface area contributed by atoms with Crippen molar-refractivity contribution in [2.24, 2.45) is 0 Å². The molecule has 188 valence electrons. The number of aromatic amines is 1. The van der Waals surface area contributed by atoms with Crippen LogP contribution < -0.4 is 4.72 Å². The first-order valence-electron chi connectivity index (χ1n) is 10.6. The lowest BCUT2D eigenvalue weighted by atomic mass is 10.00. The standard InChI is InChI=1S/C23H20F2N4O5S2/c1-3-6-36(33,34)29-19-5-4-18(24)20(21(19)25)22(30)17-12-28-23-16(17)8-14(10-27-23)13-7-15(11-26-9-13)35(2,31)32/h4-5,7-12,29H,3,6H2,1-2H3,(H,27,28). The Balaban J connectivity index is 1.79. The molecule has 0 saturated heterocycles. The molecule has 4 rings (SSSR count). The number of aromatic nitrogens is 3. The van der Waals surface area contributed by atoms with Crippen LogP contribution in [0.3, 0.4) is 0 Å². The van der Waals surface area contributed by atoms with Gasteiger partial charge in [0, 0.05) is 53.1 Å². The molecule has 0 aliphatic rings. The second-order valence-electron chi connectivity index (χ2n) is 8.04. The smallest absolute Gasteiger partial charge is 0.232 e. The number of nitrogens with one attached hydrogen (secondary N) is 2. The highest BCUT2D eigenvalue weighted by Crippen LogP contribution is 2.30. The van der Waals surface area contributed by atoms with E-state index in [1.165, 1.54) is 36.9 Å². The normalized spacial score (nSPS) is 12.1. The Kier molecular flexibility index (Phi) is 6.62. The molecule has 0 aliphatic heterocycles. The highest BCUT2D eigenvalue weighted by atomic mass is 32.2. The van der Waals surface area contributed by atoms with E-state index in [-0.39, 0.29) is 33.7 Å². The van der Waals surface area contributed by atoms with Crippen LogP contribution in [0.5, 0.6) is 0 Å². The van der Waals surface area contributed by atoms with E-state index in [1.54, 1.807) is 6.92 Å². The van der Waals surface area contributed by atoms with Gasteiger partial charge < -0.3 is 4.98 Å². The number of carbonyl (C=O) groups is 1. The van der Waals surface area contributed by atoms with Crippen LogP contribution in [-0.2, 0) is 19.9 Å². The summed E-state index contributed by atoms with van der Waals surface area (Å²) in [6.45, 7) is 1.63. The molecule has 0 unspecified atom stereocenters. The Bertz CT molecular complexity index is 1720. The summed E-state index contributed by atoms with van der Waals surface area (Å²) < 4.78 is 79.7. The van der Waals surface area contributed by atoms with Gasteiger partial charge in [-0.25, -0.2) is 30.6 Å². The van der Waals surface area contributed by atoms with Gasteiger partial charge in [0.15, 0.2) is 15.7 Å². The number of sulfonamides is 1. The fourth-order valence-electron chi connectivity index (χ4n) is 3.59. The van der Waals surface area contributed by atoms with Gasteiger partial charge in [-0.3, -0.25) is 14.5 Å². The zero-order chi connectivity index (χ0) is 26.3. The van der Waals surface area contributed by atoms with Gasteiger partial charge >= 0.3 is 0 Å². The number of pyridine rings is 2. The summed E-state index contributed by atoms with van der Waals surface area (Å²) in [6.07, 6.45) is 6.59. The maximum Gasteiger partial charge on any atom is 0.232 e. The molecule has 0 spiro atoms.